The molecule has 0 amide bonds. The highest BCUT2D eigenvalue weighted by Crippen LogP contribution is 2.17. The van der Waals surface area contributed by atoms with E-state index in [1.54, 1.807) is 18.2 Å². The van der Waals surface area contributed by atoms with E-state index in [4.69, 9.17) is 10.5 Å². The van der Waals surface area contributed by atoms with E-state index in [0.29, 0.717) is 11.3 Å². The van der Waals surface area contributed by atoms with Crippen LogP contribution in [0.15, 0.2) is 18.2 Å². The van der Waals surface area contributed by atoms with Crippen molar-refractivity contribution >= 4 is 11.7 Å². The maximum Gasteiger partial charge on any atom is 0.337 e. The molecule has 0 aliphatic carbocycles. The van der Waals surface area contributed by atoms with Crippen molar-refractivity contribution in [1.82, 2.24) is 4.90 Å². The summed E-state index contributed by atoms with van der Waals surface area (Å²) < 4.78 is 4.70. The number of carbonyl (C=O) groups excluding carboxylic acids is 1. The van der Waals surface area contributed by atoms with E-state index in [0.717, 1.165) is 25.2 Å². The Balaban J connectivity index is 2.94. The van der Waals surface area contributed by atoms with Crippen LogP contribution >= 0.6 is 0 Å². The molecule has 0 heterocycles. The van der Waals surface area contributed by atoms with Crippen molar-refractivity contribution in [1.29, 1.82) is 0 Å². The van der Waals surface area contributed by atoms with E-state index in [-0.39, 0.29) is 5.97 Å². The summed E-state index contributed by atoms with van der Waals surface area (Å²) in [5.74, 6) is -0.328. The first-order valence-corrected chi connectivity index (χ1v) is 5.81. The predicted octanol–water partition coefficient (Wildman–Crippen LogP) is 1.90. The Kier molecular flexibility index (Phi) is 4.97. The van der Waals surface area contributed by atoms with E-state index in [1.807, 2.05) is 0 Å². The van der Waals surface area contributed by atoms with Crippen LogP contribution in [0.1, 0.15) is 29.8 Å². The molecular formula is C13H20N2O2. The van der Waals surface area contributed by atoms with Crippen molar-refractivity contribution in [3.05, 3.63) is 29.3 Å². The molecule has 0 bridgehead atoms. The molecule has 4 heteroatoms. The van der Waals surface area contributed by atoms with Crippen LogP contribution in [-0.4, -0.2) is 31.1 Å². The number of esters is 1. The van der Waals surface area contributed by atoms with Gasteiger partial charge in [0, 0.05) is 12.2 Å². The minimum atomic E-state index is -0.328. The van der Waals surface area contributed by atoms with Gasteiger partial charge in [-0.2, -0.15) is 0 Å². The van der Waals surface area contributed by atoms with Crippen molar-refractivity contribution in [2.75, 3.05) is 25.9 Å². The van der Waals surface area contributed by atoms with Gasteiger partial charge in [0.1, 0.15) is 0 Å². The largest absolute Gasteiger partial charge is 0.465 e. The minimum Gasteiger partial charge on any atom is -0.465 e. The van der Waals surface area contributed by atoms with Crippen molar-refractivity contribution in [3.63, 3.8) is 0 Å². The van der Waals surface area contributed by atoms with E-state index >= 15 is 0 Å². The summed E-state index contributed by atoms with van der Waals surface area (Å²) in [7, 11) is 1.38. The minimum absolute atomic E-state index is 0.328. The lowest BCUT2D eigenvalue weighted by Crippen LogP contribution is -2.23. The van der Waals surface area contributed by atoms with Gasteiger partial charge in [-0.3, -0.25) is 4.90 Å². The molecule has 0 spiro atoms. The molecule has 0 atom stereocenters. The molecule has 94 valence electrons. The molecule has 0 aromatic heterocycles. The van der Waals surface area contributed by atoms with Crippen LogP contribution in [0.4, 0.5) is 5.69 Å². The number of anilines is 1. The fraction of sp³-hybridized carbons (Fsp3) is 0.462. The first-order chi connectivity index (χ1) is 8.12. The molecule has 1 rings (SSSR count). The second-order valence-corrected chi connectivity index (χ2v) is 3.87. The van der Waals surface area contributed by atoms with Crippen LogP contribution < -0.4 is 5.73 Å². The highest BCUT2D eigenvalue weighted by molar-refractivity contribution is 5.90. The van der Waals surface area contributed by atoms with Gasteiger partial charge in [-0.15, -0.1) is 0 Å². The van der Waals surface area contributed by atoms with Gasteiger partial charge in [0.15, 0.2) is 0 Å². The number of nitrogens with two attached hydrogens (primary N) is 1. The number of nitrogens with zero attached hydrogens (tertiary/aromatic N) is 1. The fourth-order valence-corrected chi connectivity index (χ4v) is 1.68. The average molecular weight is 236 g/mol. The summed E-state index contributed by atoms with van der Waals surface area (Å²) in [6, 6.07) is 5.25. The van der Waals surface area contributed by atoms with Crippen LogP contribution in [0.5, 0.6) is 0 Å². The lowest BCUT2D eigenvalue weighted by Gasteiger charge is -2.19. The average Bonchev–Trinajstić information content (AvgIpc) is 2.36. The Hall–Kier alpha value is -1.55. The van der Waals surface area contributed by atoms with E-state index in [2.05, 4.69) is 18.7 Å². The number of nitrogen functional groups attached to an aromatic ring is 1. The molecule has 2 N–H and O–H groups in total. The van der Waals surface area contributed by atoms with Crippen LogP contribution in [0.2, 0.25) is 0 Å². The molecule has 0 fully saturated rings. The number of hydrogen-bond acceptors (Lipinski definition) is 4. The number of rotatable bonds is 5. The normalized spacial score (nSPS) is 10.6. The summed E-state index contributed by atoms with van der Waals surface area (Å²) in [5, 5.41) is 0. The van der Waals surface area contributed by atoms with Crippen molar-refractivity contribution < 1.29 is 9.53 Å². The molecule has 0 saturated carbocycles. The molecule has 4 nitrogen and oxygen atoms in total. The molecule has 0 unspecified atom stereocenters. The maximum absolute atomic E-state index is 11.4. The Morgan fingerprint density at radius 3 is 2.53 bits per heavy atom. The fourth-order valence-electron chi connectivity index (χ4n) is 1.68. The first-order valence-electron chi connectivity index (χ1n) is 5.81. The monoisotopic (exact) mass is 236 g/mol. The van der Waals surface area contributed by atoms with Gasteiger partial charge >= 0.3 is 5.97 Å². The topological polar surface area (TPSA) is 55.6 Å². The summed E-state index contributed by atoms with van der Waals surface area (Å²) >= 11 is 0. The second-order valence-electron chi connectivity index (χ2n) is 3.87. The van der Waals surface area contributed by atoms with Gasteiger partial charge in [0.25, 0.3) is 0 Å². The summed E-state index contributed by atoms with van der Waals surface area (Å²) in [4.78, 5) is 13.7. The highest BCUT2D eigenvalue weighted by Gasteiger charge is 2.10. The highest BCUT2D eigenvalue weighted by atomic mass is 16.5. The number of ether oxygens (including phenoxy) is 1. The molecule has 1 aromatic carbocycles. The zero-order valence-electron chi connectivity index (χ0n) is 10.7. The second kappa shape index (κ2) is 6.25. The quantitative estimate of drug-likeness (QED) is 0.626. The predicted molar refractivity (Wildman–Crippen MR) is 68.8 cm³/mol. The third-order valence-corrected chi connectivity index (χ3v) is 2.85. The SMILES string of the molecule is CCN(CC)Cc1cc(C(=O)OC)ccc1N. The Bertz CT molecular complexity index is 387. The number of benzene rings is 1. The molecule has 0 radical (unpaired) electrons. The van der Waals surface area contributed by atoms with E-state index in [1.165, 1.54) is 7.11 Å². The molecule has 1 aromatic rings. The van der Waals surface area contributed by atoms with Gasteiger partial charge in [-0.05, 0) is 36.9 Å². The summed E-state index contributed by atoms with van der Waals surface area (Å²) in [6.45, 7) is 6.87. The smallest absolute Gasteiger partial charge is 0.337 e. The zero-order chi connectivity index (χ0) is 12.8. The van der Waals surface area contributed by atoms with Gasteiger partial charge in [-0.25, -0.2) is 4.79 Å². The van der Waals surface area contributed by atoms with Gasteiger partial charge in [-0.1, -0.05) is 13.8 Å². The molecular weight excluding hydrogens is 216 g/mol. The standard InChI is InChI=1S/C13H20N2O2/c1-4-15(5-2)9-11-8-10(13(16)17-3)6-7-12(11)14/h6-8H,4-5,9,14H2,1-3H3. The molecule has 0 saturated heterocycles. The van der Waals surface area contributed by atoms with Crippen molar-refractivity contribution in [2.45, 2.75) is 20.4 Å². The van der Waals surface area contributed by atoms with Crippen LogP contribution in [-0.2, 0) is 11.3 Å². The molecule has 0 aliphatic heterocycles. The zero-order valence-corrected chi connectivity index (χ0v) is 10.7. The van der Waals surface area contributed by atoms with Crippen LogP contribution in [0.3, 0.4) is 0 Å². The number of carbonyl (C=O) groups is 1. The first kappa shape index (κ1) is 13.5. The van der Waals surface area contributed by atoms with Gasteiger partial charge < -0.3 is 10.5 Å². The Morgan fingerprint density at radius 2 is 2.00 bits per heavy atom. The lowest BCUT2D eigenvalue weighted by atomic mass is 10.1. The van der Waals surface area contributed by atoms with E-state index < -0.39 is 0 Å². The van der Waals surface area contributed by atoms with Crippen LogP contribution in [0, 0.1) is 0 Å². The van der Waals surface area contributed by atoms with Crippen LogP contribution in [0.25, 0.3) is 0 Å². The maximum atomic E-state index is 11.4. The third-order valence-electron chi connectivity index (χ3n) is 2.85. The summed E-state index contributed by atoms with van der Waals surface area (Å²) in [5.41, 5.74) is 8.14. The Labute approximate surface area is 102 Å². The van der Waals surface area contributed by atoms with E-state index in [9.17, 15) is 4.79 Å². The van der Waals surface area contributed by atoms with Crippen molar-refractivity contribution in [3.8, 4) is 0 Å². The van der Waals surface area contributed by atoms with Gasteiger partial charge in [0.05, 0.1) is 12.7 Å². The number of methoxy groups -OCH3 is 1. The number of hydrogen-bond donors (Lipinski definition) is 1. The molecule has 0 aliphatic rings. The summed E-state index contributed by atoms with van der Waals surface area (Å²) in [6.07, 6.45) is 0. The third kappa shape index (κ3) is 3.46. The molecule has 17 heavy (non-hydrogen) atoms. The van der Waals surface area contributed by atoms with Gasteiger partial charge in [0.2, 0.25) is 0 Å². The Morgan fingerprint density at radius 1 is 1.35 bits per heavy atom. The van der Waals surface area contributed by atoms with Crippen molar-refractivity contribution in [2.24, 2.45) is 0 Å². The lowest BCUT2D eigenvalue weighted by molar-refractivity contribution is 0.0600.